The lowest BCUT2D eigenvalue weighted by molar-refractivity contribution is -0.129. The van der Waals surface area contributed by atoms with Crippen LogP contribution in [0.4, 0.5) is 0 Å². The summed E-state index contributed by atoms with van der Waals surface area (Å²) in [6.07, 6.45) is 0.497. The maximum absolute atomic E-state index is 12.3. The van der Waals surface area contributed by atoms with Crippen LogP contribution in [0, 0.1) is 11.8 Å². The van der Waals surface area contributed by atoms with Gasteiger partial charge in [0.15, 0.2) is 0 Å². The molecule has 1 amide bonds. The van der Waals surface area contributed by atoms with Crippen LogP contribution in [0.3, 0.4) is 0 Å². The van der Waals surface area contributed by atoms with Crippen LogP contribution in [0.2, 0.25) is 0 Å². The van der Waals surface area contributed by atoms with Crippen molar-refractivity contribution in [3.63, 3.8) is 0 Å². The second-order valence-corrected chi connectivity index (χ2v) is 5.50. The molecule has 0 radical (unpaired) electrons. The Morgan fingerprint density at radius 2 is 1.89 bits per heavy atom. The fourth-order valence-corrected chi connectivity index (χ4v) is 3.09. The van der Waals surface area contributed by atoms with Crippen LogP contribution in [0.25, 0.3) is 0 Å². The first-order chi connectivity index (χ1) is 9.26. The van der Waals surface area contributed by atoms with Gasteiger partial charge >= 0.3 is 0 Å². The Kier molecular flexibility index (Phi) is 3.42. The van der Waals surface area contributed by atoms with Gasteiger partial charge in [-0.2, -0.15) is 0 Å². The molecule has 0 bridgehead atoms. The molecule has 2 saturated heterocycles. The van der Waals surface area contributed by atoms with Crippen LogP contribution in [0.5, 0.6) is 5.75 Å². The van der Waals surface area contributed by atoms with E-state index in [0.29, 0.717) is 18.3 Å². The van der Waals surface area contributed by atoms with Gasteiger partial charge in [-0.05, 0) is 29.5 Å². The van der Waals surface area contributed by atoms with Crippen LogP contribution in [0.15, 0.2) is 24.3 Å². The minimum absolute atomic E-state index is 0.250. The van der Waals surface area contributed by atoms with E-state index < -0.39 is 0 Å². The van der Waals surface area contributed by atoms with E-state index in [2.05, 4.69) is 5.32 Å². The number of carbonyl (C=O) groups is 1. The summed E-state index contributed by atoms with van der Waals surface area (Å²) in [6, 6.07) is 7.75. The zero-order chi connectivity index (χ0) is 13.2. The summed E-state index contributed by atoms with van der Waals surface area (Å²) in [5.74, 6) is 2.41. The molecule has 0 aliphatic carbocycles. The van der Waals surface area contributed by atoms with Crippen molar-refractivity contribution in [1.82, 2.24) is 10.2 Å². The first-order valence-electron chi connectivity index (χ1n) is 6.87. The molecule has 19 heavy (non-hydrogen) atoms. The first-order valence-corrected chi connectivity index (χ1v) is 6.87. The van der Waals surface area contributed by atoms with Gasteiger partial charge in [-0.3, -0.25) is 4.79 Å². The number of fused-ring (bicyclic) bond motifs is 1. The Morgan fingerprint density at radius 3 is 2.47 bits per heavy atom. The summed E-state index contributed by atoms with van der Waals surface area (Å²) in [5.41, 5.74) is 1.06. The van der Waals surface area contributed by atoms with E-state index in [9.17, 15) is 4.79 Å². The molecule has 0 saturated carbocycles. The molecule has 4 heteroatoms. The van der Waals surface area contributed by atoms with Crippen LogP contribution in [-0.4, -0.2) is 44.1 Å². The maximum atomic E-state index is 12.3. The van der Waals surface area contributed by atoms with Crippen molar-refractivity contribution in [1.29, 1.82) is 0 Å². The number of hydrogen-bond donors (Lipinski definition) is 1. The largest absolute Gasteiger partial charge is 0.497 e. The normalized spacial score (nSPS) is 25.4. The van der Waals surface area contributed by atoms with Crippen molar-refractivity contribution in [2.75, 3.05) is 33.3 Å². The third-order valence-corrected chi connectivity index (χ3v) is 4.26. The summed E-state index contributed by atoms with van der Waals surface area (Å²) >= 11 is 0. The Bertz CT molecular complexity index is 446. The average molecular weight is 260 g/mol. The number of nitrogens with zero attached hydrogens (tertiary/aromatic N) is 1. The molecule has 102 valence electrons. The highest BCUT2D eigenvalue weighted by Gasteiger charge is 2.37. The highest BCUT2D eigenvalue weighted by Crippen LogP contribution is 2.26. The third-order valence-electron chi connectivity index (χ3n) is 4.26. The van der Waals surface area contributed by atoms with Crippen molar-refractivity contribution in [3.8, 4) is 5.75 Å². The lowest BCUT2D eigenvalue weighted by Crippen LogP contribution is -2.32. The number of hydrogen-bond acceptors (Lipinski definition) is 3. The maximum Gasteiger partial charge on any atom is 0.227 e. The molecule has 2 aliphatic heterocycles. The first kappa shape index (κ1) is 12.5. The molecule has 3 rings (SSSR count). The average Bonchev–Trinajstić information content (AvgIpc) is 3.00. The Morgan fingerprint density at radius 1 is 1.26 bits per heavy atom. The van der Waals surface area contributed by atoms with Crippen LogP contribution in [-0.2, 0) is 11.2 Å². The molecular formula is C15H20N2O2. The van der Waals surface area contributed by atoms with Crippen LogP contribution < -0.4 is 10.1 Å². The molecule has 0 spiro atoms. The predicted molar refractivity (Wildman–Crippen MR) is 73.1 cm³/mol. The summed E-state index contributed by atoms with van der Waals surface area (Å²) < 4.78 is 5.12. The van der Waals surface area contributed by atoms with Gasteiger partial charge in [-0.25, -0.2) is 0 Å². The van der Waals surface area contributed by atoms with E-state index in [-0.39, 0.29) is 5.91 Å². The topological polar surface area (TPSA) is 41.6 Å². The second-order valence-electron chi connectivity index (χ2n) is 5.50. The molecule has 4 nitrogen and oxygen atoms in total. The molecule has 1 N–H and O–H groups in total. The summed E-state index contributed by atoms with van der Waals surface area (Å²) in [5, 5.41) is 3.39. The van der Waals surface area contributed by atoms with Gasteiger partial charge < -0.3 is 15.0 Å². The number of likely N-dealkylation sites (tertiary alicyclic amines) is 1. The predicted octanol–water partition coefficient (Wildman–Crippen LogP) is 0.915. The van der Waals surface area contributed by atoms with Gasteiger partial charge in [0.2, 0.25) is 5.91 Å². The number of methoxy groups -OCH3 is 1. The standard InChI is InChI=1S/C15H20N2O2/c1-19-14-4-2-11(3-5-14)6-15(18)17-9-12-7-16-8-13(12)10-17/h2-5,12-13,16H,6-10H2,1H3/t12-,13+. The summed E-state index contributed by atoms with van der Waals surface area (Å²) in [7, 11) is 1.65. The van der Waals surface area contributed by atoms with Crippen molar-refractivity contribution < 1.29 is 9.53 Å². The van der Waals surface area contributed by atoms with E-state index in [4.69, 9.17) is 4.74 Å². The minimum atomic E-state index is 0.250. The zero-order valence-electron chi connectivity index (χ0n) is 11.3. The van der Waals surface area contributed by atoms with E-state index >= 15 is 0 Å². The third kappa shape index (κ3) is 2.59. The Balaban J connectivity index is 1.59. The van der Waals surface area contributed by atoms with E-state index in [0.717, 1.165) is 37.5 Å². The van der Waals surface area contributed by atoms with Crippen molar-refractivity contribution in [2.45, 2.75) is 6.42 Å². The van der Waals surface area contributed by atoms with Gasteiger partial charge in [-0.15, -0.1) is 0 Å². The second kappa shape index (κ2) is 5.21. The fraction of sp³-hybridized carbons (Fsp3) is 0.533. The van der Waals surface area contributed by atoms with Gasteiger partial charge in [0.25, 0.3) is 0 Å². The highest BCUT2D eigenvalue weighted by atomic mass is 16.5. The van der Waals surface area contributed by atoms with Gasteiger partial charge in [-0.1, -0.05) is 12.1 Å². The lowest BCUT2D eigenvalue weighted by atomic mass is 10.0. The summed E-state index contributed by atoms with van der Waals surface area (Å²) in [4.78, 5) is 14.3. The molecule has 2 fully saturated rings. The molecule has 0 unspecified atom stereocenters. The smallest absolute Gasteiger partial charge is 0.227 e. The highest BCUT2D eigenvalue weighted by molar-refractivity contribution is 5.79. The van der Waals surface area contributed by atoms with Crippen molar-refractivity contribution >= 4 is 5.91 Å². The lowest BCUT2D eigenvalue weighted by Gasteiger charge is -2.17. The van der Waals surface area contributed by atoms with Crippen molar-refractivity contribution in [3.05, 3.63) is 29.8 Å². The monoisotopic (exact) mass is 260 g/mol. The Labute approximate surface area is 113 Å². The number of nitrogens with one attached hydrogen (secondary N) is 1. The van der Waals surface area contributed by atoms with E-state index in [1.807, 2.05) is 29.2 Å². The fourth-order valence-electron chi connectivity index (χ4n) is 3.09. The van der Waals surface area contributed by atoms with E-state index in [1.165, 1.54) is 0 Å². The minimum Gasteiger partial charge on any atom is -0.497 e. The number of carbonyl (C=O) groups excluding carboxylic acids is 1. The molecular weight excluding hydrogens is 240 g/mol. The van der Waals surface area contributed by atoms with Gasteiger partial charge in [0.05, 0.1) is 13.5 Å². The molecule has 0 aromatic heterocycles. The quantitative estimate of drug-likeness (QED) is 0.878. The number of amides is 1. The SMILES string of the molecule is COc1ccc(CC(=O)N2C[C@H]3CNC[C@H]3C2)cc1. The Hall–Kier alpha value is -1.55. The number of rotatable bonds is 3. The molecule has 1 aromatic carbocycles. The summed E-state index contributed by atoms with van der Waals surface area (Å²) in [6.45, 7) is 3.98. The molecule has 2 atom stereocenters. The van der Waals surface area contributed by atoms with Crippen molar-refractivity contribution in [2.24, 2.45) is 11.8 Å². The number of ether oxygens (including phenoxy) is 1. The molecule has 1 aromatic rings. The zero-order valence-corrected chi connectivity index (χ0v) is 11.3. The van der Waals surface area contributed by atoms with Crippen LogP contribution >= 0.6 is 0 Å². The number of benzene rings is 1. The van der Waals surface area contributed by atoms with E-state index in [1.54, 1.807) is 7.11 Å². The molecule has 2 aliphatic rings. The van der Waals surface area contributed by atoms with Gasteiger partial charge in [0.1, 0.15) is 5.75 Å². The van der Waals surface area contributed by atoms with Gasteiger partial charge in [0, 0.05) is 26.2 Å². The van der Waals surface area contributed by atoms with Crippen LogP contribution in [0.1, 0.15) is 5.56 Å². The molecule has 2 heterocycles.